The first-order valence-corrected chi connectivity index (χ1v) is 9.23. The second kappa shape index (κ2) is 6.23. The maximum atomic E-state index is 12.4. The SMILES string of the molecule is Cn1cc(-n2nc(-c3ccc(S(C)(=O)=O)cc3)cc(C(=O)O)c2=O)cn1. The van der Waals surface area contributed by atoms with Gasteiger partial charge in [0.05, 0.1) is 23.0 Å². The summed E-state index contributed by atoms with van der Waals surface area (Å²) >= 11 is 0. The van der Waals surface area contributed by atoms with E-state index in [2.05, 4.69) is 10.2 Å². The number of hydrogen-bond donors (Lipinski definition) is 1. The van der Waals surface area contributed by atoms with E-state index in [-0.39, 0.29) is 10.6 Å². The van der Waals surface area contributed by atoms with Gasteiger partial charge in [-0.25, -0.2) is 13.2 Å². The lowest BCUT2D eigenvalue weighted by Gasteiger charge is -2.08. The first-order valence-electron chi connectivity index (χ1n) is 7.34. The van der Waals surface area contributed by atoms with Crippen LogP contribution >= 0.6 is 0 Å². The fraction of sp³-hybridized carbons (Fsp3) is 0.125. The predicted octanol–water partition coefficient (Wildman–Crippen LogP) is 0.735. The number of rotatable bonds is 4. The van der Waals surface area contributed by atoms with Gasteiger partial charge in [-0.05, 0) is 18.2 Å². The third-order valence-corrected chi connectivity index (χ3v) is 4.78. The van der Waals surface area contributed by atoms with Crippen LogP contribution in [-0.4, -0.2) is 45.3 Å². The number of carboxylic acids is 1. The lowest BCUT2D eigenvalue weighted by Crippen LogP contribution is -2.27. The van der Waals surface area contributed by atoms with Crippen LogP contribution in [-0.2, 0) is 16.9 Å². The molecule has 0 aliphatic heterocycles. The van der Waals surface area contributed by atoms with Crippen LogP contribution in [0.25, 0.3) is 16.9 Å². The number of aromatic nitrogens is 4. The van der Waals surface area contributed by atoms with Gasteiger partial charge in [0.1, 0.15) is 11.3 Å². The minimum Gasteiger partial charge on any atom is -0.477 e. The van der Waals surface area contributed by atoms with Gasteiger partial charge >= 0.3 is 5.97 Å². The van der Waals surface area contributed by atoms with Crippen LogP contribution in [0.4, 0.5) is 0 Å². The van der Waals surface area contributed by atoms with Crippen molar-refractivity contribution in [1.82, 2.24) is 19.6 Å². The van der Waals surface area contributed by atoms with Crippen LogP contribution in [0.1, 0.15) is 10.4 Å². The van der Waals surface area contributed by atoms with Crippen molar-refractivity contribution in [3.63, 3.8) is 0 Å². The molecule has 3 aromatic rings. The molecule has 2 aromatic heterocycles. The van der Waals surface area contributed by atoms with Crippen molar-refractivity contribution in [2.45, 2.75) is 4.90 Å². The number of sulfone groups is 1. The summed E-state index contributed by atoms with van der Waals surface area (Å²) in [6, 6.07) is 6.95. The second-order valence-corrected chi connectivity index (χ2v) is 7.65. The summed E-state index contributed by atoms with van der Waals surface area (Å²) in [5.41, 5.74) is -0.244. The molecule has 9 nitrogen and oxygen atoms in total. The van der Waals surface area contributed by atoms with Gasteiger partial charge in [0.2, 0.25) is 0 Å². The Morgan fingerprint density at radius 2 is 1.85 bits per heavy atom. The smallest absolute Gasteiger partial charge is 0.341 e. The molecule has 0 aliphatic rings. The molecule has 1 N–H and O–H groups in total. The summed E-state index contributed by atoms with van der Waals surface area (Å²) < 4.78 is 25.5. The third-order valence-electron chi connectivity index (χ3n) is 3.66. The van der Waals surface area contributed by atoms with Gasteiger partial charge in [-0.15, -0.1) is 0 Å². The molecule has 0 saturated heterocycles. The summed E-state index contributed by atoms with van der Waals surface area (Å²) in [6.07, 6.45) is 4.00. The van der Waals surface area contributed by atoms with Gasteiger partial charge in [-0.2, -0.15) is 14.9 Å². The number of carboxylic acid groups (broad SMARTS) is 1. The lowest BCUT2D eigenvalue weighted by atomic mass is 10.1. The van der Waals surface area contributed by atoms with Crippen LogP contribution < -0.4 is 5.56 Å². The Bertz CT molecular complexity index is 1160. The molecule has 26 heavy (non-hydrogen) atoms. The zero-order valence-electron chi connectivity index (χ0n) is 13.8. The molecule has 0 bridgehead atoms. The van der Waals surface area contributed by atoms with Crippen molar-refractivity contribution in [3.8, 4) is 16.9 Å². The van der Waals surface area contributed by atoms with E-state index >= 15 is 0 Å². The molecule has 0 spiro atoms. The van der Waals surface area contributed by atoms with E-state index in [1.54, 1.807) is 7.05 Å². The van der Waals surface area contributed by atoms with Gasteiger partial charge in [-0.3, -0.25) is 9.48 Å². The fourth-order valence-electron chi connectivity index (χ4n) is 2.35. The number of benzene rings is 1. The minimum absolute atomic E-state index is 0.125. The topological polar surface area (TPSA) is 124 Å². The van der Waals surface area contributed by atoms with Crippen molar-refractivity contribution >= 4 is 15.8 Å². The van der Waals surface area contributed by atoms with Crippen molar-refractivity contribution in [2.24, 2.45) is 7.05 Å². The number of hydrogen-bond acceptors (Lipinski definition) is 6. The van der Waals surface area contributed by atoms with E-state index < -0.39 is 26.9 Å². The summed E-state index contributed by atoms with van der Waals surface area (Å²) in [5, 5.41) is 17.5. The Morgan fingerprint density at radius 1 is 1.19 bits per heavy atom. The first-order chi connectivity index (χ1) is 12.2. The molecule has 0 amide bonds. The molecule has 0 aliphatic carbocycles. The van der Waals surface area contributed by atoms with E-state index in [4.69, 9.17) is 0 Å². The maximum absolute atomic E-state index is 12.4. The highest BCUT2D eigenvalue weighted by Crippen LogP contribution is 2.20. The molecule has 0 radical (unpaired) electrons. The molecule has 1 aromatic carbocycles. The molecular weight excluding hydrogens is 360 g/mol. The summed E-state index contributed by atoms with van der Waals surface area (Å²) in [5.74, 6) is -1.39. The molecule has 0 saturated carbocycles. The lowest BCUT2D eigenvalue weighted by molar-refractivity contribution is 0.0694. The monoisotopic (exact) mass is 374 g/mol. The van der Waals surface area contributed by atoms with E-state index in [0.29, 0.717) is 11.3 Å². The molecule has 10 heteroatoms. The number of aromatic carboxylic acids is 1. The Morgan fingerprint density at radius 3 is 2.35 bits per heavy atom. The highest BCUT2D eigenvalue weighted by molar-refractivity contribution is 7.90. The number of aryl methyl sites for hydroxylation is 1. The number of carbonyl (C=O) groups is 1. The van der Waals surface area contributed by atoms with E-state index in [1.807, 2.05) is 0 Å². The quantitative estimate of drug-likeness (QED) is 0.714. The zero-order chi connectivity index (χ0) is 19.1. The normalized spacial score (nSPS) is 11.5. The van der Waals surface area contributed by atoms with Crippen molar-refractivity contribution in [2.75, 3.05) is 6.26 Å². The highest BCUT2D eigenvalue weighted by atomic mass is 32.2. The number of nitrogens with zero attached hydrogens (tertiary/aromatic N) is 4. The van der Waals surface area contributed by atoms with Gasteiger partial charge in [0, 0.05) is 18.9 Å². The zero-order valence-corrected chi connectivity index (χ0v) is 14.6. The second-order valence-electron chi connectivity index (χ2n) is 5.63. The molecule has 0 unspecified atom stereocenters. The van der Waals surface area contributed by atoms with Gasteiger partial charge in [0.15, 0.2) is 9.84 Å². The Balaban J connectivity index is 2.20. The predicted molar refractivity (Wildman–Crippen MR) is 92.1 cm³/mol. The Labute approximate surface area is 148 Å². The molecule has 134 valence electrons. The summed E-state index contributed by atoms with van der Waals surface area (Å²) in [6.45, 7) is 0. The average molecular weight is 374 g/mol. The fourth-order valence-corrected chi connectivity index (χ4v) is 2.98. The highest BCUT2D eigenvalue weighted by Gasteiger charge is 2.17. The van der Waals surface area contributed by atoms with Crippen molar-refractivity contribution < 1.29 is 18.3 Å². The summed E-state index contributed by atoms with van der Waals surface area (Å²) in [4.78, 5) is 24.0. The van der Waals surface area contributed by atoms with Crippen LogP contribution in [0.2, 0.25) is 0 Å². The Kier molecular flexibility index (Phi) is 4.20. The average Bonchev–Trinajstić information content (AvgIpc) is 3.00. The van der Waals surface area contributed by atoms with Crippen LogP contribution in [0.15, 0.2) is 52.4 Å². The molecule has 3 rings (SSSR count). The first kappa shape index (κ1) is 17.5. The third kappa shape index (κ3) is 3.26. The minimum atomic E-state index is -3.36. The van der Waals surface area contributed by atoms with E-state index in [0.717, 1.165) is 17.0 Å². The molecular formula is C16H14N4O5S. The molecule has 0 atom stereocenters. The summed E-state index contributed by atoms with van der Waals surface area (Å²) in [7, 11) is -1.71. The van der Waals surface area contributed by atoms with Crippen molar-refractivity contribution in [3.05, 3.63) is 58.6 Å². The van der Waals surface area contributed by atoms with Crippen molar-refractivity contribution in [1.29, 1.82) is 0 Å². The maximum Gasteiger partial charge on any atom is 0.341 e. The Hall–Kier alpha value is -3.27. The van der Waals surface area contributed by atoms with E-state index in [1.165, 1.54) is 41.3 Å². The van der Waals surface area contributed by atoms with Gasteiger partial charge < -0.3 is 5.11 Å². The van der Waals surface area contributed by atoms with Crippen LogP contribution in [0, 0.1) is 0 Å². The molecule has 2 heterocycles. The standard InChI is InChI=1S/C16H14N4O5S/c1-19-9-11(8-17-19)20-15(21)13(16(22)23)7-14(18-20)10-3-5-12(6-4-10)26(2,24)25/h3-9H,1-2H3,(H,22,23). The molecule has 0 fully saturated rings. The largest absolute Gasteiger partial charge is 0.477 e. The van der Waals surface area contributed by atoms with Crippen LogP contribution in [0.5, 0.6) is 0 Å². The van der Waals surface area contributed by atoms with Gasteiger partial charge in [0.25, 0.3) is 5.56 Å². The van der Waals surface area contributed by atoms with Gasteiger partial charge in [-0.1, -0.05) is 12.1 Å². The van der Waals surface area contributed by atoms with Crippen LogP contribution in [0.3, 0.4) is 0 Å². The van der Waals surface area contributed by atoms with E-state index in [9.17, 15) is 23.1 Å².